The first-order chi connectivity index (χ1) is 19.5. The maximum absolute atomic E-state index is 13.6. The van der Waals surface area contributed by atoms with Crippen LogP contribution < -0.4 is 14.9 Å². The van der Waals surface area contributed by atoms with Crippen molar-refractivity contribution >= 4 is 29.5 Å². The Labute approximate surface area is 247 Å². The number of nitrogens with one attached hydrogen (secondary N) is 2. The fourth-order valence-electron chi connectivity index (χ4n) is 5.80. The molecule has 5 rings (SSSR count). The zero-order valence-corrected chi connectivity index (χ0v) is 25.4. The highest BCUT2D eigenvalue weighted by atomic mass is 32.2. The van der Waals surface area contributed by atoms with Crippen LogP contribution in [0.15, 0.2) is 53.6 Å². The van der Waals surface area contributed by atoms with Gasteiger partial charge in [0.2, 0.25) is 0 Å². The summed E-state index contributed by atoms with van der Waals surface area (Å²) >= 11 is 1.21. The molecule has 3 aromatic heterocycles. The summed E-state index contributed by atoms with van der Waals surface area (Å²) in [5, 5.41) is 13.4. The highest BCUT2D eigenvalue weighted by molar-refractivity contribution is 7.97. The van der Waals surface area contributed by atoms with Gasteiger partial charge in [-0.2, -0.15) is 5.26 Å². The first-order valence-electron chi connectivity index (χ1n) is 14.4. The quantitative estimate of drug-likeness (QED) is 0.339. The van der Waals surface area contributed by atoms with Crippen molar-refractivity contribution in [2.45, 2.75) is 88.7 Å². The van der Waals surface area contributed by atoms with Gasteiger partial charge in [-0.1, -0.05) is 32.9 Å². The summed E-state index contributed by atoms with van der Waals surface area (Å²) in [6, 6.07) is 17.9. The number of hydrogen-bond donors (Lipinski definition) is 2. The van der Waals surface area contributed by atoms with Crippen LogP contribution in [-0.2, 0) is 11.8 Å². The van der Waals surface area contributed by atoms with Crippen molar-refractivity contribution in [3.63, 3.8) is 0 Å². The number of rotatable bonds is 3. The molecule has 0 saturated carbocycles. The maximum atomic E-state index is 13.6. The molecule has 0 spiro atoms. The van der Waals surface area contributed by atoms with E-state index in [1.807, 2.05) is 42.5 Å². The molecule has 41 heavy (non-hydrogen) atoms. The van der Waals surface area contributed by atoms with Crippen LogP contribution in [-0.4, -0.2) is 32.9 Å². The molecule has 2 N–H and O–H groups in total. The Morgan fingerprint density at radius 2 is 1.88 bits per heavy atom. The van der Waals surface area contributed by atoms with Gasteiger partial charge in [0, 0.05) is 53.7 Å². The summed E-state index contributed by atoms with van der Waals surface area (Å²) in [4.78, 5) is 30.7. The largest absolute Gasteiger partial charge is 0.362 e. The molecule has 9 heteroatoms. The van der Waals surface area contributed by atoms with Crippen molar-refractivity contribution in [2.24, 2.45) is 5.92 Å². The molecule has 0 radical (unpaired) electrons. The van der Waals surface area contributed by atoms with Gasteiger partial charge in [-0.05, 0) is 75.4 Å². The van der Waals surface area contributed by atoms with E-state index in [2.05, 4.69) is 61.7 Å². The van der Waals surface area contributed by atoms with Gasteiger partial charge in [-0.25, -0.2) is 9.97 Å². The third kappa shape index (κ3) is 6.65. The van der Waals surface area contributed by atoms with E-state index in [0.29, 0.717) is 29.3 Å². The van der Waals surface area contributed by atoms with Crippen LogP contribution in [0.2, 0.25) is 0 Å². The summed E-state index contributed by atoms with van der Waals surface area (Å²) in [5.74, 6) is 1.73. The van der Waals surface area contributed by atoms with Crippen molar-refractivity contribution < 1.29 is 4.79 Å². The third-order valence-corrected chi connectivity index (χ3v) is 8.66. The van der Waals surface area contributed by atoms with E-state index in [9.17, 15) is 4.79 Å². The Hall–Kier alpha value is -3.64. The highest BCUT2D eigenvalue weighted by Gasteiger charge is 2.41. The van der Waals surface area contributed by atoms with E-state index in [1.165, 1.54) is 11.9 Å². The van der Waals surface area contributed by atoms with Gasteiger partial charge in [0.05, 0.1) is 23.4 Å². The van der Waals surface area contributed by atoms with Gasteiger partial charge in [-0.15, -0.1) is 0 Å². The minimum atomic E-state index is -0.177. The lowest BCUT2D eigenvalue weighted by Crippen LogP contribution is -2.40. The maximum Gasteiger partial charge on any atom is 0.265 e. The van der Waals surface area contributed by atoms with Gasteiger partial charge in [-0.3, -0.25) is 14.5 Å². The summed E-state index contributed by atoms with van der Waals surface area (Å²) in [6.07, 6.45) is 3.94. The van der Waals surface area contributed by atoms with Gasteiger partial charge >= 0.3 is 0 Å². The number of aryl methyl sites for hydroxylation is 1. The van der Waals surface area contributed by atoms with Crippen LogP contribution in [0.4, 0.5) is 11.6 Å². The first kappa shape index (κ1) is 28.9. The number of fused-ring (bicyclic) bond motifs is 6. The zero-order valence-electron chi connectivity index (χ0n) is 24.6. The van der Waals surface area contributed by atoms with E-state index in [-0.39, 0.29) is 22.9 Å². The Kier molecular flexibility index (Phi) is 8.23. The number of anilines is 2. The molecule has 0 aliphatic carbocycles. The average molecular weight is 570 g/mol. The normalized spacial score (nSPS) is 20.6. The van der Waals surface area contributed by atoms with Crippen molar-refractivity contribution in [1.82, 2.24) is 19.7 Å². The van der Waals surface area contributed by atoms with E-state index in [1.54, 1.807) is 0 Å². The molecule has 1 amide bonds. The molecule has 8 nitrogen and oxygen atoms in total. The molecule has 2 aliphatic heterocycles. The lowest BCUT2D eigenvalue weighted by atomic mass is 9.90. The van der Waals surface area contributed by atoms with Crippen LogP contribution in [0.25, 0.3) is 0 Å². The fraction of sp³-hybridized carbons (Fsp3) is 0.469. The minimum Gasteiger partial charge on any atom is -0.362 e. The first-order valence-corrected chi connectivity index (χ1v) is 15.2. The lowest BCUT2D eigenvalue weighted by molar-refractivity contribution is 0.0984. The molecule has 2 atom stereocenters. The van der Waals surface area contributed by atoms with Gasteiger partial charge < -0.3 is 10.2 Å². The number of aromatic nitrogens is 3. The highest BCUT2D eigenvalue weighted by Crippen LogP contribution is 2.41. The molecule has 3 aromatic rings. The van der Waals surface area contributed by atoms with Crippen molar-refractivity contribution in [3.05, 3.63) is 71.2 Å². The van der Waals surface area contributed by atoms with Crippen molar-refractivity contribution in [3.8, 4) is 6.07 Å². The fourth-order valence-corrected chi connectivity index (χ4v) is 6.40. The molecule has 214 valence electrons. The number of hydrogen-bond acceptors (Lipinski definition) is 8. The molecule has 2 unspecified atom stereocenters. The van der Waals surface area contributed by atoms with Crippen LogP contribution in [0.5, 0.6) is 0 Å². The summed E-state index contributed by atoms with van der Waals surface area (Å²) in [5.41, 5.74) is 3.13. The average Bonchev–Trinajstić information content (AvgIpc) is 3.25. The second-order valence-corrected chi connectivity index (χ2v) is 13.5. The molecular weight excluding hydrogens is 530 g/mol. The Morgan fingerprint density at radius 1 is 1.07 bits per heavy atom. The zero-order chi connectivity index (χ0) is 29.2. The Bertz CT molecular complexity index is 1460. The molecular formula is C32H39N7OS. The van der Waals surface area contributed by atoms with Gasteiger partial charge in [0.15, 0.2) is 0 Å². The second kappa shape index (κ2) is 11.7. The summed E-state index contributed by atoms with van der Waals surface area (Å²) in [7, 11) is 0. The molecule has 0 aromatic carbocycles. The van der Waals surface area contributed by atoms with Crippen molar-refractivity contribution in [2.75, 3.05) is 16.8 Å². The molecule has 1 saturated heterocycles. The summed E-state index contributed by atoms with van der Waals surface area (Å²) < 4.78 is 3.01. The Morgan fingerprint density at radius 3 is 2.66 bits per heavy atom. The van der Waals surface area contributed by atoms with Gasteiger partial charge in [0.25, 0.3) is 5.91 Å². The second-order valence-electron chi connectivity index (χ2n) is 12.7. The standard InChI is InChI=1S/C32H39N7OS/c1-31(2,3)26-17-15-23-29(36-26)39-20-21(19-32(39,4)5)14-16-25(24-11-6-9-22(34-24)10-8-18-33)35-27-12-7-13-28(37-27)41-38-30(23)40/h6-7,9,11-13,15,17,21,25H,8,10,14,16,19-20H2,1-5H3,(H,35,37)(H,38,40). The van der Waals surface area contributed by atoms with E-state index < -0.39 is 0 Å². The number of nitrogens with zero attached hydrogens (tertiary/aromatic N) is 5. The topological polar surface area (TPSA) is 107 Å². The van der Waals surface area contributed by atoms with E-state index in [0.717, 1.165) is 54.5 Å². The summed E-state index contributed by atoms with van der Waals surface area (Å²) in [6.45, 7) is 11.8. The molecule has 5 heterocycles. The molecule has 4 bridgehead atoms. The van der Waals surface area contributed by atoms with Crippen LogP contribution in [0.3, 0.4) is 0 Å². The number of amides is 1. The predicted octanol–water partition coefficient (Wildman–Crippen LogP) is 6.61. The number of carbonyl (C=O) groups is 1. The molecule has 1 fully saturated rings. The number of carbonyl (C=O) groups excluding carboxylic acids is 1. The SMILES string of the molecule is CC(C)(C)c1ccc2c(n1)N1CC(CCC(c3cccc(CCC#N)n3)Nc3cccc(n3)SNC2=O)CC1(C)C. The minimum absolute atomic E-state index is 0.0421. The monoisotopic (exact) mass is 569 g/mol. The van der Waals surface area contributed by atoms with E-state index in [4.69, 9.17) is 20.2 Å². The number of pyridine rings is 3. The predicted molar refractivity (Wildman–Crippen MR) is 164 cm³/mol. The Balaban J connectivity index is 1.53. The molecule has 2 aliphatic rings. The van der Waals surface area contributed by atoms with Crippen LogP contribution in [0, 0.1) is 17.2 Å². The van der Waals surface area contributed by atoms with Crippen LogP contribution in [0.1, 0.15) is 93.8 Å². The van der Waals surface area contributed by atoms with Crippen molar-refractivity contribution in [1.29, 1.82) is 5.26 Å². The smallest absolute Gasteiger partial charge is 0.265 e. The van der Waals surface area contributed by atoms with E-state index >= 15 is 0 Å². The lowest BCUT2D eigenvalue weighted by Gasteiger charge is -2.34. The van der Waals surface area contributed by atoms with Crippen LogP contribution >= 0.6 is 11.9 Å². The third-order valence-electron chi connectivity index (χ3n) is 7.94. The number of nitriles is 1. The van der Waals surface area contributed by atoms with Gasteiger partial charge in [0.1, 0.15) is 16.7 Å².